The van der Waals surface area contributed by atoms with Crippen LogP contribution < -0.4 is 0 Å². The van der Waals surface area contributed by atoms with Crippen LogP contribution in [0, 0.1) is 29.7 Å². The molecule has 104 valence electrons. The predicted octanol–water partition coefficient (Wildman–Crippen LogP) is 2.79. The fraction of sp³-hybridized carbons (Fsp3) is 0.0667. The predicted molar refractivity (Wildman–Crippen MR) is 72.0 cm³/mol. The molecule has 1 aromatic heterocycles. The van der Waals surface area contributed by atoms with Gasteiger partial charge in [-0.1, -0.05) is 17.7 Å². The van der Waals surface area contributed by atoms with E-state index in [1.807, 2.05) is 36.4 Å². The Kier molecular flexibility index (Phi) is 13.2. The molecular weight excluding hydrogens is 431 g/mol. The van der Waals surface area contributed by atoms with Gasteiger partial charge in [-0.15, -0.1) is 29.8 Å². The van der Waals surface area contributed by atoms with Crippen LogP contribution in [0.4, 0.5) is 0 Å². The van der Waals surface area contributed by atoms with Crippen LogP contribution in [0.15, 0.2) is 47.6 Å². The zero-order chi connectivity index (χ0) is 14.5. The van der Waals surface area contributed by atoms with Gasteiger partial charge in [-0.05, 0) is 18.0 Å². The van der Waals surface area contributed by atoms with Crippen LogP contribution in [0.1, 0.15) is 5.56 Å². The number of aliphatic imine (C=N–C) groups is 1. The van der Waals surface area contributed by atoms with Crippen molar-refractivity contribution in [2.24, 2.45) is 4.99 Å². The molecule has 2 aromatic rings. The Labute approximate surface area is 133 Å². The number of aromatic nitrogens is 1. The van der Waals surface area contributed by atoms with E-state index in [1.165, 1.54) is 0 Å². The van der Waals surface area contributed by atoms with Crippen molar-refractivity contribution >= 4 is 6.21 Å². The number of nitrogens with zero attached hydrogens (tertiary/aromatic N) is 4. The molecule has 0 aliphatic heterocycles. The molecule has 0 spiro atoms. The number of hydrogen-bond acceptors (Lipinski definition) is 4. The van der Waals surface area contributed by atoms with Crippen molar-refractivity contribution in [1.29, 1.82) is 10.5 Å². The molecule has 5 heteroatoms. The van der Waals surface area contributed by atoms with Crippen LogP contribution in [0.3, 0.4) is 0 Å². The van der Waals surface area contributed by atoms with Gasteiger partial charge >= 0.3 is 0 Å². The molecule has 0 N–H and O–H groups in total. The van der Waals surface area contributed by atoms with Crippen molar-refractivity contribution in [3.8, 4) is 11.3 Å². The van der Waals surface area contributed by atoms with Crippen molar-refractivity contribution in [1.82, 2.24) is 4.98 Å². The average molecular weight is 442 g/mol. The van der Waals surface area contributed by atoms with Gasteiger partial charge in [-0.25, -0.2) is 0 Å². The summed E-state index contributed by atoms with van der Waals surface area (Å²) in [4.78, 5) is 8.21. The molecule has 0 atom stereocenters. The van der Waals surface area contributed by atoms with Gasteiger partial charge in [-0.2, -0.15) is 0 Å². The minimum atomic E-state index is 0. The quantitative estimate of drug-likeness (QED) is 0.531. The number of rotatable bonds is 2. The molecule has 0 aliphatic rings. The van der Waals surface area contributed by atoms with E-state index in [9.17, 15) is 0 Å². The zero-order valence-corrected chi connectivity index (χ0v) is 13.0. The second-order valence-electron chi connectivity index (χ2n) is 3.14. The smallest absolute Gasteiger partial charge is 0.0267 e. The molecule has 1 heterocycles. The summed E-state index contributed by atoms with van der Waals surface area (Å²) in [6.07, 6.45) is 3.59. The van der Waals surface area contributed by atoms with Crippen LogP contribution in [-0.2, 0) is 21.1 Å². The van der Waals surface area contributed by atoms with Gasteiger partial charge in [0, 0.05) is 34.3 Å². The normalized spacial score (nSPS) is 8.25. The molecule has 0 radical (unpaired) electrons. The summed E-state index contributed by atoms with van der Waals surface area (Å²) >= 11 is 0. The van der Waals surface area contributed by atoms with E-state index < -0.39 is 0 Å². The Hall–Kier alpha value is -2.29. The van der Waals surface area contributed by atoms with E-state index >= 15 is 0 Å². The Morgan fingerprint density at radius 3 is 2.30 bits per heavy atom. The summed E-state index contributed by atoms with van der Waals surface area (Å²) in [5, 5.41) is 12.5. The molecular formula is C15H11N4Pt-3. The van der Waals surface area contributed by atoms with Gasteiger partial charge in [0.05, 0.1) is 0 Å². The summed E-state index contributed by atoms with van der Waals surface area (Å²) in [5.74, 6) is 0. The van der Waals surface area contributed by atoms with Gasteiger partial charge in [0.2, 0.25) is 0 Å². The van der Waals surface area contributed by atoms with Crippen LogP contribution >= 0.6 is 0 Å². The van der Waals surface area contributed by atoms with Crippen molar-refractivity contribution in [2.45, 2.75) is 0 Å². The molecule has 2 rings (SSSR count). The molecule has 0 bridgehead atoms. The summed E-state index contributed by atoms with van der Waals surface area (Å²) in [6.45, 7) is 9.50. The van der Waals surface area contributed by atoms with Crippen LogP contribution in [0.25, 0.3) is 11.3 Å². The third-order valence-electron chi connectivity index (χ3n) is 2.06. The van der Waals surface area contributed by atoms with Gasteiger partial charge in [0.1, 0.15) is 0 Å². The number of hydrogen-bond donors (Lipinski definition) is 0. The Balaban J connectivity index is 0. The van der Waals surface area contributed by atoms with Gasteiger partial charge in [0.15, 0.2) is 0 Å². The fourth-order valence-corrected chi connectivity index (χ4v) is 1.35. The summed E-state index contributed by atoms with van der Waals surface area (Å²) in [7, 11) is 1.76. The number of benzene rings is 1. The molecule has 0 saturated heterocycles. The molecule has 0 saturated carbocycles. The van der Waals surface area contributed by atoms with E-state index in [1.54, 1.807) is 19.5 Å². The average Bonchev–Trinajstić information content (AvgIpc) is 2.53. The van der Waals surface area contributed by atoms with E-state index in [-0.39, 0.29) is 21.1 Å². The monoisotopic (exact) mass is 442 g/mol. The van der Waals surface area contributed by atoms with E-state index in [0.29, 0.717) is 0 Å². The van der Waals surface area contributed by atoms with Crippen molar-refractivity contribution in [3.05, 3.63) is 67.4 Å². The largest absolute Gasteiger partial charge is 0.512 e. The van der Waals surface area contributed by atoms with Crippen molar-refractivity contribution in [2.75, 3.05) is 7.05 Å². The Bertz CT molecular complexity index is 524. The topological polar surface area (TPSA) is 72.8 Å². The molecule has 0 fully saturated rings. The maximum Gasteiger partial charge on any atom is 0.0267 e. The van der Waals surface area contributed by atoms with Crippen LogP contribution in [0.2, 0.25) is 0 Å². The van der Waals surface area contributed by atoms with Crippen LogP contribution in [-0.4, -0.2) is 18.2 Å². The molecule has 20 heavy (non-hydrogen) atoms. The van der Waals surface area contributed by atoms with Gasteiger partial charge in [-0.3, -0.25) is 0 Å². The third kappa shape index (κ3) is 6.59. The fourth-order valence-electron chi connectivity index (χ4n) is 1.35. The minimum absolute atomic E-state index is 0. The maximum atomic E-state index is 6.25. The Morgan fingerprint density at radius 2 is 1.85 bits per heavy atom. The van der Waals surface area contributed by atoms with E-state index in [2.05, 4.69) is 16.0 Å². The van der Waals surface area contributed by atoms with Crippen LogP contribution in [0.5, 0.6) is 0 Å². The van der Waals surface area contributed by atoms with Gasteiger partial charge in [0.25, 0.3) is 0 Å². The minimum Gasteiger partial charge on any atom is -0.512 e. The first-order valence-corrected chi connectivity index (χ1v) is 5.20. The molecule has 1 aromatic carbocycles. The summed E-state index contributed by atoms with van der Waals surface area (Å²) in [5.41, 5.74) is 3.00. The first-order valence-electron chi connectivity index (χ1n) is 5.20. The van der Waals surface area contributed by atoms with Gasteiger partial charge < -0.3 is 33.6 Å². The maximum absolute atomic E-state index is 6.25. The molecule has 0 amide bonds. The second kappa shape index (κ2) is 13.1. The molecule has 0 unspecified atom stereocenters. The zero-order valence-electron chi connectivity index (χ0n) is 10.7. The molecule has 4 nitrogen and oxygen atoms in total. The molecule has 0 aliphatic carbocycles. The van der Waals surface area contributed by atoms with Crippen molar-refractivity contribution in [3.63, 3.8) is 0 Å². The first kappa shape index (κ1) is 20.0. The standard InChI is InChI=1S/C13H11N2.2CN.Pt/c1-14-10-11-5-7-12(8-6-11)13-4-2-3-9-15-13;2*1-2;/h2-7,9-10H,1H3;;;/q3*-1;. The third-order valence-corrected chi connectivity index (χ3v) is 2.06. The number of pyridine rings is 1. The SMILES string of the molecule is CN=Cc1c[c-]c(-c2ccccn2)cc1.[C-]#N.[C-]#N.[Pt]. The summed E-state index contributed by atoms with van der Waals surface area (Å²) < 4.78 is 0. The first-order chi connectivity index (χ1) is 9.40. The second-order valence-corrected chi connectivity index (χ2v) is 3.14. The summed E-state index contributed by atoms with van der Waals surface area (Å²) in [6, 6.07) is 15.0. The van der Waals surface area contributed by atoms with Crippen molar-refractivity contribution < 1.29 is 21.1 Å². The Morgan fingerprint density at radius 1 is 1.15 bits per heavy atom. The van der Waals surface area contributed by atoms with E-state index in [0.717, 1.165) is 16.8 Å². The van der Waals surface area contributed by atoms with E-state index in [4.69, 9.17) is 23.7 Å².